The fourth-order valence-electron chi connectivity index (χ4n) is 1.64. The van der Waals surface area contributed by atoms with Crippen molar-refractivity contribution in [1.82, 2.24) is 9.97 Å². The third-order valence-corrected chi connectivity index (χ3v) is 3.36. The lowest BCUT2D eigenvalue weighted by Crippen LogP contribution is -2.27. The Morgan fingerprint density at radius 1 is 1.69 bits per heavy atom. The number of anilines is 1. The molecule has 1 aromatic heterocycles. The van der Waals surface area contributed by atoms with Crippen LogP contribution in [0.4, 0.5) is 5.82 Å². The fraction of sp³-hybridized carbons (Fsp3) is 0.444. The molecule has 7 heteroatoms. The summed E-state index contributed by atoms with van der Waals surface area (Å²) in [5.41, 5.74) is 0. The van der Waals surface area contributed by atoms with Crippen molar-refractivity contribution in [2.45, 2.75) is 6.42 Å². The molecule has 5 nitrogen and oxygen atoms in total. The topological polar surface area (TPSA) is 66.3 Å². The maximum atomic E-state index is 11.7. The van der Waals surface area contributed by atoms with E-state index in [1.807, 2.05) is 0 Å². The maximum Gasteiger partial charge on any atom is 0.228 e. The Hall–Kier alpha value is -0.470. The molecule has 0 aliphatic carbocycles. The van der Waals surface area contributed by atoms with E-state index in [2.05, 4.69) is 32.6 Å². The predicted molar refractivity (Wildman–Crippen MR) is 67.3 cm³/mol. The van der Waals surface area contributed by atoms with Crippen LogP contribution in [0, 0.1) is 9.49 Å². The number of hydrogen-bond donors (Lipinski definition) is 1. The van der Waals surface area contributed by atoms with E-state index in [0.717, 1.165) is 3.57 Å². The summed E-state index contributed by atoms with van der Waals surface area (Å²) in [7, 11) is 0. The van der Waals surface area contributed by atoms with Crippen molar-refractivity contribution in [2.24, 2.45) is 5.92 Å². The Kier molecular flexibility index (Phi) is 3.60. The molecule has 2 heterocycles. The quantitative estimate of drug-likeness (QED) is 0.638. The highest BCUT2D eigenvalue weighted by atomic mass is 127. The van der Waals surface area contributed by atoms with E-state index in [9.17, 15) is 4.79 Å². The number of nitrogens with zero attached hydrogens (tertiary/aromatic N) is 3. The van der Waals surface area contributed by atoms with E-state index >= 15 is 0 Å². The zero-order chi connectivity index (χ0) is 11.7. The van der Waals surface area contributed by atoms with E-state index < -0.39 is 0 Å². The molecule has 0 bridgehead atoms. The first-order valence-electron chi connectivity index (χ1n) is 4.71. The molecule has 16 heavy (non-hydrogen) atoms. The lowest BCUT2D eigenvalue weighted by Gasteiger charge is -2.16. The minimum absolute atomic E-state index is 0.0115. The Morgan fingerprint density at radius 2 is 2.44 bits per heavy atom. The molecule has 2 rings (SSSR count). The molecular formula is C9H9ClIN3O2. The molecule has 1 saturated heterocycles. The van der Waals surface area contributed by atoms with Crippen LogP contribution in [0.15, 0.2) is 6.20 Å². The fourth-order valence-corrected chi connectivity index (χ4v) is 2.32. The summed E-state index contributed by atoms with van der Waals surface area (Å²) in [5, 5.41) is 9.15. The van der Waals surface area contributed by atoms with Gasteiger partial charge in [0.15, 0.2) is 5.82 Å². The van der Waals surface area contributed by atoms with Crippen molar-refractivity contribution in [3.8, 4) is 0 Å². The second kappa shape index (κ2) is 4.80. The maximum absolute atomic E-state index is 11.7. The minimum atomic E-state index is -0.0354. The van der Waals surface area contributed by atoms with Gasteiger partial charge in [-0.3, -0.25) is 9.69 Å². The van der Waals surface area contributed by atoms with Gasteiger partial charge in [-0.25, -0.2) is 4.98 Å². The van der Waals surface area contributed by atoms with Gasteiger partial charge < -0.3 is 5.11 Å². The summed E-state index contributed by atoms with van der Waals surface area (Å²) in [6.45, 7) is 0.496. The lowest BCUT2D eigenvalue weighted by molar-refractivity contribution is -0.117. The van der Waals surface area contributed by atoms with Crippen molar-refractivity contribution in [1.29, 1.82) is 0 Å². The van der Waals surface area contributed by atoms with Gasteiger partial charge in [0.2, 0.25) is 11.2 Å². The van der Waals surface area contributed by atoms with Crippen LogP contribution in [0.2, 0.25) is 5.28 Å². The highest BCUT2D eigenvalue weighted by molar-refractivity contribution is 14.1. The molecule has 1 atom stereocenters. The number of aliphatic hydroxyl groups excluding tert-OH is 1. The van der Waals surface area contributed by atoms with Crippen LogP contribution >= 0.6 is 34.2 Å². The average Bonchev–Trinajstić information content (AvgIpc) is 2.63. The second-order valence-corrected chi connectivity index (χ2v) is 5.07. The van der Waals surface area contributed by atoms with Gasteiger partial charge in [0, 0.05) is 31.7 Å². The Morgan fingerprint density at radius 3 is 3.06 bits per heavy atom. The summed E-state index contributed by atoms with van der Waals surface area (Å²) in [6, 6.07) is 0. The lowest BCUT2D eigenvalue weighted by atomic mass is 10.1. The van der Waals surface area contributed by atoms with Crippen LogP contribution in [-0.2, 0) is 4.79 Å². The molecule has 1 aromatic rings. The van der Waals surface area contributed by atoms with Crippen LogP contribution in [0.25, 0.3) is 0 Å². The summed E-state index contributed by atoms with van der Waals surface area (Å²) in [4.78, 5) is 21.1. The number of amides is 1. The average molecular weight is 354 g/mol. The molecule has 1 fully saturated rings. The largest absolute Gasteiger partial charge is 0.396 e. The van der Waals surface area contributed by atoms with Gasteiger partial charge in [-0.1, -0.05) is 0 Å². The first kappa shape index (κ1) is 12.0. The summed E-state index contributed by atoms with van der Waals surface area (Å²) in [5.74, 6) is 0.477. The van der Waals surface area contributed by atoms with Crippen molar-refractivity contribution >= 4 is 45.9 Å². The number of aromatic nitrogens is 2. The van der Waals surface area contributed by atoms with Gasteiger partial charge in [0.05, 0.1) is 3.57 Å². The van der Waals surface area contributed by atoms with Gasteiger partial charge in [0.25, 0.3) is 0 Å². The van der Waals surface area contributed by atoms with E-state index in [0.29, 0.717) is 18.8 Å². The van der Waals surface area contributed by atoms with Gasteiger partial charge in [0.1, 0.15) is 0 Å². The van der Waals surface area contributed by atoms with Crippen molar-refractivity contribution in [3.63, 3.8) is 0 Å². The Labute approximate surface area is 111 Å². The number of carbonyl (C=O) groups excluding carboxylic acids is 1. The van der Waals surface area contributed by atoms with E-state index in [4.69, 9.17) is 16.7 Å². The second-order valence-electron chi connectivity index (χ2n) is 3.57. The SMILES string of the molecule is O=C1CC(CO)CN1c1nc(Cl)ncc1I. The monoisotopic (exact) mass is 353 g/mol. The molecule has 1 amide bonds. The molecule has 86 valence electrons. The smallest absolute Gasteiger partial charge is 0.228 e. The van der Waals surface area contributed by atoms with Gasteiger partial charge >= 0.3 is 0 Å². The standard InChI is InChI=1S/C9H9ClIN3O2/c10-9-12-2-6(11)8(13-9)14-3-5(4-15)1-7(14)16/h2,5,15H,1,3-4H2. The van der Waals surface area contributed by atoms with Crippen LogP contribution in [0.3, 0.4) is 0 Å². The molecule has 1 aliphatic rings. The van der Waals surface area contributed by atoms with Crippen LogP contribution in [-0.4, -0.2) is 34.1 Å². The molecule has 1 unspecified atom stereocenters. The highest BCUT2D eigenvalue weighted by Crippen LogP contribution is 2.27. The molecular weight excluding hydrogens is 344 g/mol. The molecule has 1 N–H and O–H groups in total. The number of halogens is 2. The Bertz CT molecular complexity index is 429. The number of aliphatic hydroxyl groups is 1. The normalized spacial score (nSPS) is 20.6. The van der Waals surface area contributed by atoms with Crippen LogP contribution in [0.1, 0.15) is 6.42 Å². The van der Waals surface area contributed by atoms with E-state index in [-0.39, 0.29) is 23.7 Å². The van der Waals surface area contributed by atoms with Gasteiger partial charge in [-0.05, 0) is 34.2 Å². The molecule has 1 aliphatic heterocycles. The van der Waals surface area contributed by atoms with Crippen molar-refractivity contribution in [3.05, 3.63) is 15.1 Å². The summed E-state index contributed by atoms with van der Waals surface area (Å²) < 4.78 is 0.772. The summed E-state index contributed by atoms with van der Waals surface area (Å²) in [6.07, 6.45) is 1.93. The van der Waals surface area contributed by atoms with Crippen molar-refractivity contribution in [2.75, 3.05) is 18.1 Å². The number of hydrogen-bond acceptors (Lipinski definition) is 4. The highest BCUT2D eigenvalue weighted by Gasteiger charge is 2.32. The molecule has 0 spiro atoms. The van der Waals surface area contributed by atoms with Gasteiger partial charge in [-0.15, -0.1) is 0 Å². The van der Waals surface area contributed by atoms with Crippen LogP contribution < -0.4 is 4.90 Å². The minimum Gasteiger partial charge on any atom is -0.396 e. The zero-order valence-corrected chi connectivity index (χ0v) is 11.1. The molecule has 0 radical (unpaired) electrons. The first-order valence-corrected chi connectivity index (χ1v) is 6.16. The van der Waals surface area contributed by atoms with Crippen LogP contribution in [0.5, 0.6) is 0 Å². The third-order valence-electron chi connectivity index (χ3n) is 2.42. The van der Waals surface area contributed by atoms with E-state index in [1.54, 1.807) is 11.1 Å². The van der Waals surface area contributed by atoms with Gasteiger partial charge in [-0.2, -0.15) is 4.98 Å². The number of carbonyl (C=O) groups is 1. The van der Waals surface area contributed by atoms with Crippen molar-refractivity contribution < 1.29 is 9.90 Å². The van der Waals surface area contributed by atoms with E-state index in [1.165, 1.54) is 0 Å². The molecule has 0 aromatic carbocycles. The number of rotatable bonds is 2. The zero-order valence-electron chi connectivity index (χ0n) is 8.23. The third kappa shape index (κ3) is 2.28. The predicted octanol–water partition coefficient (Wildman–Crippen LogP) is 1.08. The Balaban J connectivity index is 2.30. The molecule has 0 saturated carbocycles. The summed E-state index contributed by atoms with van der Waals surface area (Å²) >= 11 is 7.76. The first-order chi connectivity index (χ1) is 7.61.